The fourth-order valence-electron chi connectivity index (χ4n) is 0.343. The Bertz CT molecular complexity index is 37.1. The molecule has 0 saturated heterocycles. The summed E-state index contributed by atoms with van der Waals surface area (Å²) in [5, 5.41) is 2.87. The number of hydrogen-bond donors (Lipinski definition) is 1. The number of hydrogen-bond acceptors (Lipinski definition) is 1. The molecule has 0 aromatic carbocycles. The van der Waals surface area contributed by atoms with Crippen LogP contribution in [0.15, 0.2) is 0 Å². The normalized spacial score (nSPS) is 14.1. The molecule has 0 spiro atoms. The van der Waals surface area contributed by atoms with Crippen molar-refractivity contribution in [2.75, 3.05) is 13.1 Å². The molecule has 1 nitrogen and oxygen atoms in total. The van der Waals surface area contributed by atoms with Crippen molar-refractivity contribution in [2.45, 2.75) is 20.0 Å². The number of nitrogens with one attached hydrogen (secondary N) is 1. The summed E-state index contributed by atoms with van der Waals surface area (Å²) >= 11 is 0. The Morgan fingerprint density at radius 1 is 1.71 bits per heavy atom. The molecule has 1 atom stereocenters. The Kier molecular flexibility index (Phi) is 4.00. The SMILES string of the molecule is CCNC[C@@H](C)F. The highest BCUT2D eigenvalue weighted by Gasteiger charge is 1.91. The van der Waals surface area contributed by atoms with Crippen LogP contribution in [-0.2, 0) is 0 Å². The lowest BCUT2D eigenvalue weighted by Crippen LogP contribution is -2.20. The van der Waals surface area contributed by atoms with Gasteiger partial charge in [0.15, 0.2) is 0 Å². The fraction of sp³-hybridized carbons (Fsp3) is 1.00. The van der Waals surface area contributed by atoms with E-state index < -0.39 is 6.17 Å². The van der Waals surface area contributed by atoms with E-state index in [4.69, 9.17) is 0 Å². The molecule has 0 radical (unpaired) electrons. The monoisotopic (exact) mass is 105 g/mol. The van der Waals surface area contributed by atoms with Crippen molar-refractivity contribution in [3.05, 3.63) is 0 Å². The van der Waals surface area contributed by atoms with Gasteiger partial charge >= 0.3 is 0 Å². The van der Waals surface area contributed by atoms with Gasteiger partial charge in [-0.2, -0.15) is 0 Å². The fourth-order valence-corrected chi connectivity index (χ4v) is 0.343. The Morgan fingerprint density at radius 3 is 2.43 bits per heavy atom. The minimum atomic E-state index is -0.708. The minimum absolute atomic E-state index is 0.483. The Morgan fingerprint density at radius 2 is 2.29 bits per heavy atom. The summed E-state index contributed by atoms with van der Waals surface area (Å²) in [4.78, 5) is 0. The molecule has 0 aliphatic rings. The molecule has 1 N–H and O–H groups in total. The molecule has 0 bridgehead atoms. The first kappa shape index (κ1) is 6.89. The molecule has 0 amide bonds. The molecule has 0 aliphatic carbocycles. The maximum Gasteiger partial charge on any atom is 0.110 e. The van der Waals surface area contributed by atoms with Gasteiger partial charge < -0.3 is 5.32 Å². The highest BCUT2D eigenvalue weighted by Crippen LogP contribution is 1.81. The molecule has 0 heterocycles. The van der Waals surface area contributed by atoms with Crippen LogP contribution in [0.25, 0.3) is 0 Å². The first-order valence-corrected chi connectivity index (χ1v) is 2.62. The van der Waals surface area contributed by atoms with E-state index in [0.717, 1.165) is 6.54 Å². The van der Waals surface area contributed by atoms with Gasteiger partial charge in [0.05, 0.1) is 0 Å². The topological polar surface area (TPSA) is 12.0 Å². The second-order valence-electron chi connectivity index (χ2n) is 1.59. The van der Waals surface area contributed by atoms with Gasteiger partial charge in [-0.25, -0.2) is 4.39 Å². The minimum Gasteiger partial charge on any atom is -0.314 e. The lowest BCUT2D eigenvalue weighted by molar-refractivity contribution is 0.347. The van der Waals surface area contributed by atoms with Crippen molar-refractivity contribution in [3.63, 3.8) is 0 Å². The standard InChI is InChI=1S/C5H12FN/c1-3-7-4-5(2)6/h5,7H,3-4H2,1-2H3/t5-/m1/s1. The van der Waals surface area contributed by atoms with Gasteiger partial charge in [0.2, 0.25) is 0 Å². The molecule has 2 heteroatoms. The average Bonchev–Trinajstić information content (AvgIpc) is 1.61. The summed E-state index contributed by atoms with van der Waals surface area (Å²) < 4.78 is 11.8. The third-order valence-corrected chi connectivity index (χ3v) is 0.676. The summed E-state index contributed by atoms with van der Waals surface area (Å²) in [7, 11) is 0. The molecule has 0 saturated carbocycles. The quantitative estimate of drug-likeness (QED) is 0.563. The van der Waals surface area contributed by atoms with Crippen LogP contribution in [0.3, 0.4) is 0 Å². The zero-order valence-corrected chi connectivity index (χ0v) is 4.87. The maximum atomic E-state index is 11.8. The van der Waals surface area contributed by atoms with E-state index in [1.807, 2.05) is 6.92 Å². The summed E-state index contributed by atoms with van der Waals surface area (Å²) in [5.41, 5.74) is 0. The van der Waals surface area contributed by atoms with Gasteiger partial charge in [0, 0.05) is 6.54 Å². The van der Waals surface area contributed by atoms with Gasteiger partial charge in [-0.3, -0.25) is 0 Å². The third kappa shape index (κ3) is 5.89. The zero-order chi connectivity index (χ0) is 5.70. The number of rotatable bonds is 3. The molecule has 0 rings (SSSR count). The molecule has 0 aromatic heterocycles. The van der Waals surface area contributed by atoms with Crippen molar-refractivity contribution < 1.29 is 4.39 Å². The van der Waals surface area contributed by atoms with Crippen LogP contribution < -0.4 is 5.32 Å². The van der Waals surface area contributed by atoms with Crippen LogP contribution in [-0.4, -0.2) is 19.3 Å². The van der Waals surface area contributed by atoms with Crippen molar-refractivity contribution >= 4 is 0 Å². The van der Waals surface area contributed by atoms with Crippen LogP contribution in [0.5, 0.6) is 0 Å². The predicted octanol–water partition coefficient (Wildman–Crippen LogP) is 0.954. The maximum absolute atomic E-state index is 11.8. The van der Waals surface area contributed by atoms with Crippen molar-refractivity contribution in [2.24, 2.45) is 0 Å². The van der Waals surface area contributed by atoms with E-state index in [-0.39, 0.29) is 0 Å². The molecular weight excluding hydrogens is 93.1 g/mol. The van der Waals surface area contributed by atoms with Gasteiger partial charge in [0.1, 0.15) is 6.17 Å². The molecule has 44 valence electrons. The van der Waals surface area contributed by atoms with Crippen molar-refractivity contribution in [3.8, 4) is 0 Å². The van der Waals surface area contributed by atoms with Crippen LogP contribution >= 0.6 is 0 Å². The summed E-state index contributed by atoms with van der Waals surface area (Å²) in [6, 6.07) is 0. The summed E-state index contributed by atoms with van der Waals surface area (Å²) in [5.74, 6) is 0. The Labute approximate surface area is 43.9 Å². The Hall–Kier alpha value is -0.110. The van der Waals surface area contributed by atoms with Crippen molar-refractivity contribution in [1.29, 1.82) is 0 Å². The molecule has 7 heavy (non-hydrogen) atoms. The predicted molar refractivity (Wildman–Crippen MR) is 29.1 cm³/mol. The molecular formula is C5H12FN. The third-order valence-electron chi connectivity index (χ3n) is 0.676. The highest BCUT2D eigenvalue weighted by atomic mass is 19.1. The average molecular weight is 105 g/mol. The largest absolute Gasteiger partial charge is 0.314 e. The van der Waals surface area contributed by atoms with Gasteiger partial charge in [-0.1, -0.05) is 6.92 Å². The van der Waals surface area contributed by atoms with Crippen LogP contribution in [0, 0.1) is 0 Å². The lowest BCUT2D eigenvalue weighted by atomic mass is 10.4. The van der Waals surface area contributed by atoms with Crippen LogP contribution in [0.2, 0.25) is 0 Å². The molecule has 0 aliphatic heterocycles. The van der Waals surface area contributed by atoms with E-state index in [1.54, 1.807) is 6.92 Å². The Balaban J connectivity index is 2.68. The highest BCUT2D eigenvalue weighted by molar-refractivity contribution is 4.48. The van der Waals surface area contributed by atoms with Crippen molar-refractivity contribution in [1.82, 2.24) is 5.32 Å². The van der Waals surface area contributed by atoms with Crippen LogP contribution in [0.4, 0.5) is 4.39 Å². The van der Waals surface area contributed by atoms with E-state index >= 15 is 0 Å². The first-order valence-electron chi connectivity index (χ1n) is 2.62. The molecule has 0 fully saturated rings. The van der Waals surface area contributed by atoms with Gasteiger partial charge in [-0.15, -0.1) is 0 Å². The number of halogens is 1. The second kappa shape index (κ2) is 4.06. The van der Waals surface area contributed by atoms with E-state index in [9.17, 15) is 4.39 Å². The first-order chi connectivity index (χ1) is 3.27. The molecule has 0 unspecified atom stereocenters. The summed E-state index contributed by atoms with van der Waals surface area (Å²) in [6.45, 7) is 4.84. The number of alkyl halides is 1. The zero-order valence-electron chi connectivity index (χ0n) is 4.87. The van der Waals surface area contributed by atoms with E-state index in [1.165, 1.54) is 0 Å². The molecule has 0 aromatic rings. The second-order valence-corrected chi connectivity index (χ2v) is 1.59. The smallest absolute Gasteiger partial charge is 0.110 e. The van der Waals surface area contributed by atoms with E-state index in [2.05, 4.69) is 5.32 Å². The van der Waals surface area contributed by atoms with Crippen LogP contribution in [0.1, 0.15) is 13.8 Å². The van der Waals surface area contributed by atoms with E-state index in [0.29, 0.717) is 6.54 Å². The van der Waals surface area contributed by atoms with Gasteiger partial charge in [-0.05, 0) is 13.5 Å². The van der Waals surface area contributed by atoms with Gasteiger partial charge in [0.25, 0.3) is 0 Å². The lowest BCUT2D eigenvalue weighted by Gasteiger charge is -1.98. The summed E-state index contributed by atoms with van der Waals surface area (Å²) in [6.07, 6.45) is -0.708.